The van der Waals surface area contributed by atoms with E-state index in [4.69, 9.17) is 38.0 Å². The van der Waals surface area contributed by atoms with Crippen molar-refractivity contribution in [3.63, 3.8) is 0 Å². The zero-order chi connectivity index (χ0) is 20.0. The number of halogens is 2. The largest absolute Gasteiger partial charge is 0.481 e. The van der Waals surface area contributed by atoms with E-state index in [0.29, 0.717) is 29.7 Å². The van der Waals surface area contributed by atoms with E-state index in [0.717, 1.165) is 28.0 Å². The molecule has 0 radical (unpaired) electrons. The summed E-state index contributed by atoms with van der Waals surface area (Å²) < 4.78 is 7.78. The van der Waals surface area contributed by atoms with E-state index in [9.17, 15) is 4.79 Å². The highest BCUT2D eigenvalue weighted by molar-refractivity contribution is 7.99. The van der Waals surface area contributed by atoms with Gasteiger partial charge in [0.2, 0.25) is 0 Å². The number of aromatic nitrogens is 2. The number of ether oxygens (including phenoxy) is 1. The summed E-state index contributed by atoms with van der Waals surface area (Å²) in [5, 5.41) is 10.9. The van der Waals surface area contributed by atoms with Crippen molar-refractivity contribution in [2.24, 2.45) is 0 Å². The molecule has 0 saturated carbocycles. The zero-order valence-electron chi connectivity index (χ0n) is 15.7. The van der Waals surface area contributed by atoms with Gasteiger partial charge in [-0.3, -0.25) is 4.79 Å². The molecular formula is C19H24Cl2N2O3S. The summed E-state index contributed by atoms with van der Waals surface area (Å²) >= 11 is 13.9. The van der Waals surface area contributed by atoms with Crippen molar-refractivity contribution in [1.82, 2.24) is 9.55 Å². The molecule has 0 bridgehead atoms. The van der Waals surface area contributed by atoms with Gasteiger partial charge in [0, 0.05) is 34.5 Å². The van der Waals surface area contributed by atoms with Gasteiger partial charge < -0.3 is 14.4 Å². The fourth-order valence-corrected chi connectivity index (χ4v) is 4.59. The van der Waals surface area contributed by atoms with Crippen molar-refractivity contribution >= 4 is 40.9 Å². The highest BCUT2D eigenvalue weighted by Crippen LogP contribution is 2.37. The molecule has 2 rings (SSSR count). The van der Waals surface area contributed by atoms with E-state index in [2.05, 4.69) is 25.3 Å². The lowest BCUT2D eigenvalue weighted by Crippen LogP contribution is -2.07. The Hall–Kier alpha value is -1.21. The molecule has 0 aliphatic rings. The van der Waals surface area contributed by atoms with Crippen LogP contribution < -0.4 is 0 Å². The van der Waals surface area contributed by atoms with E-state index in [1.165, 1.54) is 0 Å². The molecule has 0 saturated heterocycles. The molecule has 1 N–H and O–H groups in total. The maximum atomic E-state index is 10.6. The van der Waals surface area contributed by atoms with Gasteiger partial charge in [0.1, 0.15) is 17.5 Å². The van der Waals surface area contributed by atoms with Gasteiger partial charge >= 0.3 is 5.97 Å². The number of hydrogen-bond acceptors (Lipinski definition) is 4. The first-order chi connectivity index (χ1) is 12.8. The third-order valence-electron chi connectivity index (χ3n) is 3.85. The number of hydrogen-bond donors (Lipinski definition) is 1. The van der Waals surface area contributed by atoms with Crippen molar-refractivity contribution in [2.45, 2.75) is 62.6 Å². The molecule has 8 heteroatoms. The lowest BCUT2D eigenvalue weighted by atomic mass is 10.1. The van der Waals surface area contributed by atoms with Gasteiger partial charge in [-0.15, -0.1) is 0 Å². The van der Waals surface area contributed by atoms with Crippen LogP contribution in [0.5, 0.6) is 0 Å². The lowest BCUT2D eigenvalue weighted by molar-refractivity contribution is -0.137. The third-order valence-corrected chi connectivity index (χ3v) is 5.38. The predicted octanol–water partition coefficient (Wildman–Crippen LogP) is 5.87. The lowest BCUT2D eigenvalue weighted by Gasteiger charge is -2.12. The molecule has 0 aliphatic heterocycles. The Bertz CT molecular complexity index is 773. The average molecular weight is 431 g/mol. The first-order valence-electron chi connectivity index (χ1n) is 8.84. The fourth-order valence-electron chi connectivity index (χ4n) is 2.61. The normalized spacial score (nSPS) is 11.3. The van der Waals surface area contributed by atoms with E-state index >= 15 is 0 Å². The molecule has 0 spiro atoms. The van der Waals surface area contributed by atoms with Crippen molar-refractivity contribution in [2.75, 3.05) is 6.61 Å². The second-order valence-electron chi connectivity index (χ2n) is 6.37. The number of carbonyl (C=O) groups is 1. The van der Waals surface area contributed by atoms with Gasteiger partial charge in [-0.25, -0.2) is 4.98 Å². The predicted molar refractivity (Wildman–Crippen MR) is 109 cm³/mol. The van der Waals surface area contributed by atoms with Crippen molar-refractivity contribution in [1.29, 1.82) is 0 Å². The molecule has 1 aromatic heterocycles. The number of carboxylic acids is 1. The average Bonchev–Trinajstić information content (AvgIpc) is 2.91. The van der Waals surface area contributed by atoms with Crippen LogP contribution in [-0.2, 0) is 22.7 Å². The molecule has 1 heterocycles. The van der Waals surface area contributed by atoms with Crippen LogP contribution in [0.25, 0.3) is 0 Å². The standard InChI is InChI=1S/C19H24Cl2N2O3S/c1-4-23-16(11-26-7-5-6-17(24)25)22-18(12(2)3)19(23)27-15-9-13(20)8-14(21)10-15/h8-10,12H,4-7,11H2,1-3H3,(H,24,25). The van der Waals surface area contributed by atoms with Gasteiger partial charge in [-0.05, 0) is 37.5 Å². The SMILES string of the molecule is CCn1c(COCCCC(=O)O)nc(C(C)C)c1Sc1cc(Cl)cc(Cl)c1. The molecule has 0 aliphatic carbocycles. The highest BCUT2D eigenvalue weighted by Gasteiger charge is 2.20. The van der Waals surface area contributed by atoms with Crippen LogP contribution in [-0.4, -0.2) is 27.2 Å². The van der Waals surface area contributed by atoms with Crippen molar-refractivity contribution < 1.29 is 14.6 Å². The smallest absolute Gasteiger partial charge is 0.303 e. The Morgan fingerprint density at radius 3 is 2.52 bits per heavy atom. The Kier molecular flexibility index (Phi) is 8.48. The van der Waals surface area contributed by atoms with Gasteiger partial charge in [0.05, 0.1) is 5.69 Å². The molecule has 0 atom stereocenters. The van der Waals surface area contributed by atoms with Crippen molar-refractivity contribution in [3.8, 4) is 0 Å². The quantitative estimate of drug-likeness (QED) is 0.477. The van der Waals surface area contributed by atoms with Crippen LogP contribution in [0.15, 0.2) is 28.1 Å². The minimum absolute atomic E-state index is 0.107. The van der Waals surface area contributed by atoms with Crippen LogP contribution >= 0.6 is 35.0 Å². The maximum absolute atomic E-state index is 10.6. The zero-order valence-corrected chi connectivity index (χ0v) is 18.0. The number of carboxylic acid groups (broad SMARTS) is 1. The second-order valence-corrected chi connectivity index (χ2v) is 8.31. The molecule has 0 unspecified atom stereocenters. The monoisotopic (exact) mass is 430 g/mol. The minimum atomic E-state index is -0.811. The van der Waals surface area contributed by atoms with E-state index < -0.39 is 5.97 Å². The van der Waals surface area contributed by atoms with Crippen LogP contribution in [0.1, 0.15) is 51.0 Å². The third kappa shape index (κ3) is 6.42. The molecule has 1 aromatic carbocycles. The van der Waals surface area contributed by atoms with Crippen LogP contribution in [0.3, 0.4) is 0 Å². The Labute approximate surface area is 174 Å². The second kappa shape index (κ2) is 10.4. The van der Waals surface area contributed by atoms with Gasteiger partial charge in [0.25, 0.3) is 0 Å². The summed E-state index contributed by atoms with van der Waals surface area (Å²) in [6, 6.07) is 5.48. The molecule has 148 valence electrons. The molecule has 27 heavy (non-hydrogen) atoms. The number of aliphatic carboxylic acids is 1. The molecular weight excluding hydrogens is 407 g/mol. The summed E-state index contributed by atoms with van der Waals surface area (Å²) in [5.41, 5.74) is 1.00. The topological polar surface area (TPSA) is 64.3 Å². The van der Waals surface area contributed by atoms with Gasteiger partial charge in [-0.2, -0.15) is 0 Å². The number of rotatable bonds is 10. The Balaban J connectivity index is 2.21. The molecule has 0 amide bonds. The summed E-state index contributed by atoms with van der Waals surface area (Å²) in [6.07, 6.45) is 0.595. The molecule has 0 fully saturated rings. The summed E-state index contributed by atoms with van der Waals surface area (Å²) in [6.45, 7) is 7.78. The first-order valence-corrected chi connectivity index (χ1v) is 10.4. The fraction of sp³-hybridized carbons (Fsp3) is 0.474. The molecule has 5 nitrogen and oxygen atoms in total. The highest BCUT2D eigenvalue weighted by atomic mass is 35.5. The van der Waals surface area contributed by atoms with Gasteiger partial charge in [0.15, 0.2) is 0 Å². The Morgan fingerprint density at radius 2 is 1.96 bits per heavy atom. The minimum Gasteiger partial charge on any atom is -0.481 e. The summed E-state index contributed by atoms with van der Waals surface area (Å²) in [4.78, 5) is 16.3. The first kappa shape index (κ1) is 22.1. The van der Waals surface area contributed by atoms with Crippen LogP contribution in [0.2, 0.25) is 10.0 Å². The van der Waals surface area contributed by atoms with Crippen molar-refractivity contribution in [3.05, 3.63) is 39.8 Å². The summed E-state index contributed by atoms with van der Waals surface area (Å²) in [7, 11) is 0. The van der Waals surface area contributed by atoms with E-state index in [-0.39, 0.29) is 12.3 Å². The number of benzene rings is 1. The van der Waals surface area contributed by atoms with Crippen LogP contribution in [0.4, 0.5) is 0 Å². The number of imidazole rings is 1. The van der Waals surface area contributed by atoms with E-state index in [1.807, 2.05) is 12.1 Å². The van der Waals surface area contributed by atoms with Gasteiger partial charge in [-0.1, -0.05) is 48.8 Å². The maximum Gasteiger partial charge on any atom is 0.303 e. The number of nitrogens with zero attached hydrogens (tertiary/aromatic N) is 2. The Morgan fingerprint density at radius 1 is 1.30 bits per heavy atom. The van der Waals surface area contributed by atoms with E-state index in [1.54, 1.807) is 17.8 Å². The van der Waals surface area contributed by atoms with Crippen LogP contribution in [0, 0.1) is 0 Å². The summed E-state index contributed by atoms with van der Waals surface area (Å²) in [5.74, 6) is 0.280. The molecule has 2 aromatic rings.